The number of benzene rings is 2. The van der Waals surface area contributed by atoms with Gasteiger partial charge in [-0.1, -0.05) is 6.07 Å². The summed E-state index contributed by atoms with van der Waals surface area (Å²) in [4.78, 5) is 0. The fourth-order valence-corrected chi connectivity index (χ4v) is 3.92. The number of hydrazone groups is 1. The second-order valence-electron chi connectivity index (χ2n) is 6.64. The first-order valence-electron chi connectivity index (χ1n) is 8.76. The molecule has 2 aromatic carbocycles. The van der Waals surface area contributed by atoms with Crippen LogP contribution in [0.5, 0.6) is 11.5 Å². The summed E-state index contributed by atoms with van der Waals surface area (Å²) in [5.74, 6) is 2.05. The molecule has 1 heterocycles. The first-order valence-corrected chi connectivity index (χ1v) is 8.76. The van der Waals surface area contributed by atoms with Gasteiger partial charge in [0.2, 0.25) is 0 Å². The zero-order valence-electron chi connectivity index (χ0n) is 15.5. The van der Waals surface area contributed by atoms with Crippen molar-refractivity contribution in [3.05, 3.63) is 53.3 Å². The molecule has 0 aromatic heterocycles. The fraction of sp³-hybridized carbons (Fsp3) is 0.350. The minimum absolute atomic E-state index is 0.0378. The normalized spacial score (nSPS) is 20.1. The highest BCUT2D eigenvalue weighted by Gasteiger charge is 2.45. The van der Waals surface area contributed by atoms with E-state index in [9.17, 15) is 4.39 Å². The summed E-state index contributed by atoms with van der Waals surface area (Å²) >= 11 is 0. The van der Waals surface area contributed by atoms with Gasteiger partial charge in [0.05, 0.1) is 20.3 Å². The predicted octanol–water partition coefficient (Wildman–Crippen LogP) is 3.40. The van der Waals surface area contributed by atoms with E-state index in [1.807, 2.05) is 23.2 Å². The van der Waals surface area contributed by atoms with Crippen molar-refractivity contribution in [2.75, 3.05) is 33.4 Å². The number of methoxy groups -OCH3 is 3. The summed E-state index contributed by atoms with van der Waals surface area (Å²) in [6.07, 6.45) is 0.807. The van der Waals surface area contributed by atoms with Gasteiger partial charge in [-0.2, -0.15) is 5.10 Å². The number of ether oxygens (including phenoxy) is 3. The van der Waals surface area contributed by atoms with Crippen LogP contribution in [0.2, 0.25) is 0 Å². The van der Waals surface area contributed by atoms with Crippen LogP contribution in [-0.4, -0.2) is 38.9 Å². The van der Waals surface area contributed by atoms with Gasteiger partial charge in [-0.3, -0.25) is 5.01 Å². The van der Waals surface area contributed by atoms with Gasteiger partial charge in [-0.15, -0.1) is 0 Å². The Balaban J connectivity index is 1.68. The number of anilines is 1. The molecule has 27 heavy (non-hydrogen) atoms. The maximum absolute atomic E-state index is 13.6. The number of rotatable bonds is 5. The number of nitrogens with one attached hydrogen (secondary N) is 1. The predicted molar refractivity (Wildman–Crippen MR) is 101 cm³/mol. The third-order valence-corrected chi connectivity index (χ3v) is 5.05. The summed E-state index contributed by atoms with van der Waals surface area (Å²) in [6.45, 7) is 0.364. The molecule has 0 saturated heterocycles. The molecule has 0 fully saturated rings. The minimum Gasteiger partial charge on any atom is -0.493 e. The lowest BCUT2D eigenvalue weighted by Gasteiger charge is -2.23. The molecule has 1 aliphatic carbocycles. The Kier molecular flexibility index (Phi) is 4.61. The van der Waals surface area contributed by atoms with Crippen molar-refractivity contribution in [3.8, 4) is 11.5 Å². The van der Waals surface area contributed by atoms with E-state index in [0.29, 0.717) is 23.9 Å². The third kappa shape index (κ3) is 3.08. The number of hydrogen-bond acceptors (Lipinski definition) is 6. The average Bonchev–Trinajstić information content (AvgIpc) is 3.18. The molecule has 0 radical (unpaired) electrons. The van der Waals surface area contributed by atoms with Gasteiger partial charge in [0.1, 0.15) is 18.4 Å². The van der Waals surface area contributed by atoms with E-state index in [1.54, 1.807) is 27.4 Å². The molecule has 142 valence electrons. The summed E-state index contributed by atoms with van der Waals surface area (Å²) in [6, 6.07) is 10.5. The molecule has 0 bridgehead atoms. The molecule has 4 rings (SSSR count). The highest BCUT2D eigenvalue weighted by Crippen LogP contribution is 2.48. The number of amidine groups is 1. The zero-order chi connectivity index (χ0) is 19.0. The lowest BCUT2D eigenvalue weighted by atomic mass is 10.00. The van der Waals surface area contributed by atoms with Gasteiger partial charge in [0, 0.05) is 18.7 Å². The molecule has 6 nitrogen and oxygen atoms in total. The summed E-state index contributed by atoms with van der Waals surface area (Å²) in [7, 11) is 4.91. The Morgan fingerprint density at radius 1 is 1.15 bits per heavy atom. The Labute approximate surface area is 157 Å². The molecule has 2 atom stereocenters. The maximum Gasteiger partial charge on any atom is 0.161 e. The zero-order valence-corrected chi connectivity index (χ0v) is 15.5. The molecule has 1 aliphatic heterocycles. The van der Waals surface area contributed by atoms with Crippen LogP contribution in [-0.2, 0) is 11.2 Å². The van der Waals surface area contributed by atoms with Crippen LogP contribution in [0.15, 0.2) is 41.5 Å². The van der Waals surface area contributed by atoms with Gasteiger partial charge in [-0.25, -0.2) is 4.39 Å². The van der Waals surface area contributed by atoms with E-state index in [4.69, 9.17) is 19.3 Å². The third-order valence-electron chi connectivity index (χ3n) is 5.05. The fourth-order valence-electron chi connectivity index (χ4n) is 3.92. The number of hydrogen-bond donors (Lipinski definition) is 1. The molecule has 2 aromatic rings. The molecular weight excluding hydrogens is 349 g/mol. The summed E-state index contributed by atoms with van der Waals surface area (Å²) in [5.41, 5.74) is 3.02. The quantitative estimate of drug-likeness (QED) is 0.873. The van der Waals surface area contributed by atoms with Gasteiger partial charge in [-0.05, 0) is 47.9 Å². The van der Waals surface area contributed by atoms with Crippen molar-refractivity contribution in [3.63, 3.8) is 0 Å². The van der Waals surface area contributed by atoms with Crippen molar-refractivity contribution in [1.82, 2.24) is 5.01 Å². The largest absolute Gasteiger partial charge is 0.493 e. The molecule has 0 spiro atoms. The molecule has 2 unspecified atom stereocenters. The van der Waals surface area contributed by atoms with Crippen molar-refractivity contribution < 1.29 is 18.6 Å². The number of nitrogens with zero attached hydrogens (tertiary/aromatic N) is 2. The number of fused-ring (bicyclic) bond motifs is 3. The van der Waals surface area contributed by atoms with Crippen LogP contribution in [0, 0.1) is 11.7 Å². The van der Waals surface area contributed by atoms with E-state index in [0.717, 1.165) is 17.8 Å². The molecule has 7 heteroatoms. The lowest BCUT2D eigenvalue weighted by Crippen LogP contribution is -2.25. The first-order chi connectivity index (χ1) is 13.1. The molecule has 1 N–H and O–H groups in total. The van der Waals surface area contributed by atoms with E-state index in [-0.39, 0.29) is 17.8 Å². The van der Waals surface area contributed by atoms with Crippen molar-refractivity contribution in [2.24, 2.45) is 11.0 Å². The minimum atomic E-state index is -0.284. The second-order valence-corrected chi connectivity index (χ2v) is 6.64. The van der Waals surface area contributed by atoms with E-state index >= 15 is 0 Å². The molecule has 0 saturated carbocycles. The van der Waals surface area contributed by atoms with Crippen molar-refractivity contribution in [1.29, 1.82) is 0 Å². The average molecular weight is 371 g/mol. The summed E-state index contributed by atoms with van der Waals surface area (Å²) < 4.78 is 29.8. The highest BCUT2D eigenvalue weighted by atomic mass is 19.1. The maximum atomic E-state index is 13.6. The van der Waals surface area contributed by atoms with Gasteiger partial charge in [0.15, 0.2) is 11.5 Å². The Hall–Kier alpha value is -2.80. The van der Waals surface area contributed by atoms with Crippen LogP contribution < -0.4 is 14.8 Å². The number of halogens is 1. The standard InChI is InChI=1S/C20H22FN3O3/c1-25-11-24-19-15-10-18(27-3)17(26-2)8-12(15)7-16(19)20(23-24)22-14-6-4-5-13(21)9-14/h4-6,8-10,16,19H,7,11H2,1-3H3,(H,22,23). The van der Waals surface area contributed by atoms with E-state index < -0.39 is 0 Å². The second kappa shape index (κ2) is 7.08. The van der Waals surface area contributed by atoms with Crippen molar-refractivity contribution >= 4 is 11.5 Å². The first kappa shape index (κ1) is 17.6. The van der Waals surface area contributed by atoms with Crippen LogP contribution in [0.1, 0.15) is 17.2 Å². The Morgan fingerprint density at radius 2 is 1.93 bits per heavy atom. The van der Waals surface area contributed by atoms with Gasteiger partial charge < -0.3 is 19.5 Å². The van der Waals surface area contributed by atoms with Crippen LogP contribution >= 0.6 is 0 Å². The van der Waals surface area contributed by atoms with Crippen LogP contribution in [0.4, 0.5) is 10.1 Å². The topological polar surface area (TPSA) is 55.3 Å². The highest BCUT2D eigenvalue weighted by molar-refractivity contribution is 5.99. The molecular formula is C20H22FN3O3. The Bertz CT molecular complexity index is 887. The van der Waals surface area contributed by atoms with Crippen LogP contribution in [0.3, 0.4) is 0 Å². The molecule has 2 aliphatic rings. The SMILES string of the molecule is COCN1N=C(Nc2cccc(F)c2)C2Cc3cc(OC)c(OC)cc3C21. The monoisotopic (exact) mass is 371 g/mol. The van der Waals surface area contributed by atoms with Crippen LogP contribution in [0.25, 0.3) is 0 Å². The smallest absolute Gasteiger partial charge is 0.161 e. The lowest BCUT2D eigenvalue weighted by molar-refractivity contribution is 0.0388. The van der Waals surface area contributed by atoms with E-state index in [1.165, 1.54) is 17.7 Å². The molecule has 0 amide bonds. The van der Waals surface area contributed by atoms with Crippen molar-refractivity contribution in [2.45, 2.75) is 12.5 Å². The van der Waals surface area contributed by atoms with E-state index in [2.05, 4.69) is 5.32 Å². The Morgan fingerprint density at radius 3 is 2.63 bits per heavy atom. The van der Waals surface area contributed by atoms with Gasteiger partial charge in [0.25, 0.3) is 0 Å². The van der Waals surface area contributed by atoms with Gasteiger partial charge >= 0.3 is 0 Å². The summed E-state index contributed by atoms with van der Waals surface area (Å²) in [5, 5.41) is 9.91.